The predicted molar refractivity (Wildman–Crippen MR) is 95.3 cm³/mol. The summed E-state index contributed by atoms with van der Waals surface area (Å²) in [7, 11) is 1.58. The molecular formula is C20H21NO4. The molecule has 0 radical (unpaired) electrons. The van der Waals surface area contributed by atoms with E-state index in [0.717, 1.165) is 0 Å². The number of benzene rings is 2. The molecule has 1 amide bonds. The highest BCUT2D eigenvalue weighted by atomic mass is 16.5. The van der Waals surface area contributed by atoms with Crippen LogP contribution in [-0.4, -0.2) is 30.1 Å². The van der Waals surface area contributed by atoms with Crippen molar-refractivity contribution in [1.29, 1.82) is 0 Å². The molecule has 5 nitrogen and oxygen atoms in total. The summed E-state index contributed by atoms with van der Waals surface area (Å²) in [6.45, 7) is 3.61. The van der Waals surface area contributed by atoms with Gasteiger partial charge in [0, 0.05) is 17.3 Å². The summed E-state index contributed by atoms with van der Waals surface area (Å²) < 4.78 is 5.14. The maximum atomic E-state index is 13.1. The molecule has 0 spiro atoms. The third kappa shape index (κ3) is 2.76. The van der Waals surface area contributed by atoms with Crippen molar-refractivity contribution in [3.8, 4) is 5.75 Å². The Balaban J connectivity index is 2.06. The number of fused-ring (bicyclic) bond motifs is 1. The van der Waals surface area contributed by atoms with Crippen molar-refractivity contribution >= 4 is 17.6 Å². The highest BCUT2D eigenvalue weighted by Gasteiger charge is 2.45. The monoisotopic (exact) mass is 339 g/mol. The van der Waals surface area contributed by atoms with E-state index in [1.165, 1.54) is 0 Å². The number of hydrogen-bond acceptors (Lipinski definition) is 3. The minimum Gasteiger partial charge on any atom is -0.497 e. The van der Waals surface area contributed by atoms with E-state index in [2.05, 4.69) is 0 Å². The van der Waals surface area contributed by atoms with E-state index in [4.69, 9.17) is 4.74 Å². The number of nitrogens with zero attached hydrogens (tertiary/aromatic N) is 1. The first-order valence-electron chi connectivity index (χ1n) is 8.19. The van der Waals surface area contributed by atoms with E-state index in [1.54, 1.807) is 49.3 Å². The molecule has 25 heavy (non-hydrogen) atoms. The van der Waals surface area contributed by atoms with E-state index in [-0.39, 0.29) is 11.9 Å². The Bertz CT molecular complexity index is 815. The van der Waals surface area contributed by atoms with Gasteiger partial charge in [0.15, 0.2) is 0 Å². The fourth-order valence-electron chi connectivity index (χ4n) is 3.56. The summed E-state index contributed by atoms with van der Waals surface area (Å²) >= 11 is 0. The molecule has 1 heterocycles. The Morgan fingerprint density at radius 2 is 1.80 bits per heavy atom. The number of hydrogen-bond donors (Lipinski definition) is 1. The molecular weight excluding hydrogens is 318 g/mol. The SMILES string of the molecule is COc1ccc(C(=O)N2c3ccccc3C(C)(C(=O)O)CC2C)cc1. The summed E-state index contributed by atoms with van der Waals surface area (Å²) in [5.74, 6) is -0.333. The Morgan fingerprint density at radius 3 is 2.40 bits per heavy atom. The lowest BCUT2D eigenvalue weighted by molar-refractivity contribution is -0.143. The number of ether oxygens (including phenoxy) is 1. The highest BCUT2D eigenvalue weighted by molar-refractivity contribution is 6.08. The maximum absolute atomic E-state index is 13.1. The lowest BCUT2D eigenvalue weighted by atomic mass is 9.73. The molecule has 2 aromatic carbocycles. The van der Waals surface area contributed by atoms with Gasteiger partial charge in [-0.3, -0.25) is 9.59 Å². The van der Waals surface area contributed by atoms with Gasteiger partial charge in [0.05, 0.1) is 12.5 Å². The molecule has 2 aromatic rings. The van der Waals surface area contributed by atoms with Crippen LogP contribution in [0.5, 0.6) is 5.75 Å². The molecule has 0 aromatic heterocycles. The zero-order valence-electron chi connectivity index (χ0n) is 14.5. The fraction of sp³-hybridized carbons (Fsp3) is 0.300. The van der Waals surface area contributed by atoms with Crippen molar-refractivity contribution < 1.29 is 19.4 Å². The summed E-state index contributed by atoms with van der Waals surface area (Å²) in [5.41, 5.74) is 0.864. The molecule has 3 rings (SSSR count). The quantitative estimate of drug-likeness (QED) is 0.930. The van der Waals surface area contributed by atoms with E-state index < -0.39 is 11.4 Å². The molecule has 1 N–H and O–H groups in total. The first-order chi connectivity index (χ1) is 11.9. The van der Waals surface area contributed by atoms with E-state index >= 15 is 0 Å². The summed E-state index contributed by atoms with van der Waals surface area (Å²) in [5, 5.41) is 9.74. The summed E-state index contributed by atoms with van der Waals surface area (Å²) in [4.78, 5) is 26.7. The van der Waals surface area contributed by atoms with Gasteiger partial charge in [-0.1, -0.05) is 18.2 Å². The Hall–Kier alpha value is -2.82. The topological polar surface area (TPSA) is 66.8 Å². The Morgan fingerprint density at radius 1 is 1.16 bits per heavy atom. The second-order valence-electron chi connectivity index (χ2n) is 6.61. The Labute approximate surface area is 146 Å². The van der Waals surface area contributed by atoms with Crippen molar-refractivity contribution in [3.63, 3.8) is 0 Å². The molecule has 0 bridgehead atoms. The average molecular weight is 339 g/mol. The van der Waals surface area contributed by atoms with Crippen LogP contribution in [0.3, 0.4) is 0 Å². The fourth-order valence-corrected chi connectivity index (χ4v) is 3.56. The minimum absolute atomic E-state index is 0.143. The zero-order chi connectivity index (χ0) is 18.2. The summed E-state index contributed by atoms with van der Waals surface area (Å²) in [6.07, 6.45) is 0.362. The number of carboxylic acids is 1. The van der Waals surface area contributed by atoms with Crippen LogP contribution in [0.25, 0.3) is 0 Å². The van der Waals surface area contributed by atoms with Crippen LogP contribution < -0.4 is 9.64 Å². The third-order valence-electron chi connectivity index (χ3n) is 4.93. The number of rotatable bonds is 3. The van der Waals surface area contributed by atoms with Crippen molar-refractivity contribution in [3.05, 3.63) is 59.7 Å². The number of para-hydroxylation sites is 1. The van der Waals surface area contributed by atoms with Crippen molar-refractivity contribution in [2.75, 3.05) is 12.0 Å². The van der Waals surface area contributed by atoms with Gasteiger partial charge in [0.25, 0.3) is 5.91 Å². The van der Waals surface area contributed by atoms with E-state index in [1.807, 2.05) is 25.1 Å². The third-order valence-corrected chi connectivity index (χ3v) is 4.93. The molecule has 0 saturated heterocycles. The minimum atomic E-state index is -1.01. The Kier molecular flexibility index (Phi) is 4.25. The molecule has 1 aliphatic rings. The first kappa shape index (κ1) is 17.0. The lowest BCUT2D eigenvalue weighted by Gasteiger charge is -2.43. The van der Waals surface area contributed by atoms with Crippen LogP contribution in [0.15, 0.2) is 48.5 Å². The van der Waals surface area contributed by atoms with E-state index in [0.29, 0.717) is 29.0 Å². The summed E-state index contributed by atoms with van der Waals surface area (Å²) in [6, 6.07) is 14.0. The molecule has 1 aliphatic heterocycles. The second-order valence-corrected chi connectivity index (χ2v) is 6.61. The maximum Gasteiger partial charge on any atom is 0.313 e. The lowest BCUT2D eigenvalue weighted by Crippen LogP contribution is -2.50. The number of aliphatic carboxylic acids is 1. The second kappa shape index (κ2) is 6.24. The van der Waals surface area contributed by atoms with Crippen molar-refractivity contribution in [2.45, 2.75) is 31.7 Å². The number of carbonyl (C=O) groups excluding carboxylic acids is 1. The van der Waals surface area contributed by atoms with Crippen LogP contribution in [0.2, 0.25) is 0 Å². The zero-order valence-corrected chi connectivity index (χ0v) is 14.5. The number of carbonyl (C=O) groups is 2. The normalized spacial score (nSPS) is 22.2. The molecule has 0 fully saturated rings. The number of carboxylic acid groups (broad SMARTS) is 1. The molecule has 5 heteroatoms. The molecule has 2 unspecified atom stereocenters. The largest absolute Gasteiger partial charge is 0.497 e. The number of methoxy groups -OCH3 is 1. The predicted octanol–water partition coefficient (Wildman–Crippen LogP) is 3.48. The van der Waals surface area contributed by atoms with Gasteiger partial charge in [-0.25, -0.2) is 0 Å². The van der Waals surface area contributed by atoms with E-state index in [9.17, 15) is 14.7 Å². The molecule has 2 atom stereocenters. The van der Waals surface area contributed by atoms with Crippen molar-refractivity contribution in [2.24, 2.45) is 0 Å². The van der Waals surface area contributed by atoms with Crippen molar-refractivity contribution in [1.82, 2.24) is 0 Å². The van der Waals surface area contributed by atoms with Crippen LogP contribution in [0.4, 0.5) is 5.69 Å². The van der Waals surface area contributed by atoms with Crippen LogP contribution in [0, 0.1) is 0 Å². The van der Waals surface area contributed by atoms with Gasteiger partial charge < -0.3 is 14.7 Å². The number of anilines is 1. The van der Waals surface area contributed by atoms with Gasteiger partial charge in [-0.15, -0.1) is 0 Å². The van der Waals surface area contributed by atoms with Gasteiger partial charge in [-0.05, 0) is 56.2 Å². The van der Waals surface area contributed by atoms with Crippen LogP contribution in [-0.2, 0) is 10.2 Å². The van der Waals surface area contributed by atoms with Gasteiger partial charge in [-0.2, -0.15) is 0 Å². The number of amides is 1. The first-order valence-corrected chi connectivity index (χ1v) is 8.19. The van der Waals surface area contributed by atoms with Crippen LogP contribution >= 0.6 is 0 Å². The molecule has 130 valence electrons. The van der Waals surface area contributed by atoms with Gasteiger partial charge >= 0.3 is 5.97 Å². The smallest absolute Gasteiger partial charge is 0.313 e. The highest BCUT2D eigenvalue weighted by Crippen LogP contribution is 2.43. The molecule has 0 aliphatic carbocycles. The van der Waals surface area contributed by atoms with Gasteiger partial charge in [0.2, 0.25) is 0 Å². The van der Waals surface area contributed by atoms with Gasteiger partial charge in [0.1, 0.15) is 5.75 Å². The molecule has 0 saturated carbocycles. The standard InChI is InChI=1S/C20H21NO4/c1-13-12-20(2,19(23)24)16-6-4-5-7-17(16)21(13)18(22)14-8-10-15(25-3)11-9-14/h4-11,13H,12H2,1-3H3,(H,23,24). The van der Waals surface area contributed by atoms with Crippen LogP contribution in [0.1, 0.15) is 36.2 Å². The average Bonchev–Trinajstić information content (AvgIpc) is 2.61.